The molecule has 1 atom stereocenters. The van der Waals surface area contributed by atoms with Gasteiger partial charge in [-0.2, -0.15) is 5.10 Å². The Bertz CT molecular complexity index is 671. The SMILES string of the molecule is O=C(CCCc1cn[nH]c1)N1CCCC(CCc2ccccc2F)C1. The summed E-state index contributed by atoms with van der Waals surface area (Å²) in [6, 6.07) is 6.99. The fourth-order valence-electron chi connectivity index (χ4n) is 3.60. The van der Waals surface area contributed by atoms with Crippen LogP contribution in [0.15, 0.2) is 36.7 Å². The van der Waals surface area contributed by atoms with Gasteiger partial charge in [-0.05, 0) is 61.6 Å². The summed E-state index contributed by atoms with van der Waals surface area (Å²) in [5, 5.41) is 6.72. The van der Waals surface area contributed by atoms with Crippen molar-refractivity contribution in [3.63, 3.8) is 0 Å². The van der Waals surface area contributed by atoms with E-state index < -0.39 is 0 Å². The van der Waals surface area contributed by atoms with Crippen LogP contribution in [0.3, 0.4) is 0 Å². The van der Waals surface area contributed by atoms with Crippen molar-refractivity contribution in [2.24, 2.45) is 5.92 Å². The number of H-pyrrole nitrogens is 1. The van der Waals surface area contributed by atoms with E-state index in [0.29, 0.717) is 12.3 Å². The minimum Gasteiger partial charge on any atom is -0.342 e. The Balaban J connectivity index is 1.42. The summed E-state index contributed by atoms with van der Waals surface area (Å²) < 4.78 is 13.7. The number of hydrogen-bond donors (Lipinski definition) is 1. The van der Waals surface area contributed by atoms with Crippen LogP contribution >= 0.6 is 0 Å². The normalized spacial score (nSPS) is 17.6. The standard InChI is InChI=1S/C20H26FN3O/c21-19-8-2-1-7-18(19)11-10-16-6-4-12-24(15-16)20(25)9-3-5-17-13-22-23-14-17/h1-2,7-8,13-14,16H,3-6,9-12,15H2,(H,22,23). The van der Waals surface area contributed by atoms with Crippen molar-refractivity contribution in [1.82, 2.24) is 15.1 Å². The fourth-order valence-corrected chi connectivity index (χ4v) is 3.60. The van der Waals surface area contributed by atoms with E-state index >= 15 is 0 Å². The van der Waals surface area contributed by atoms with Gasteiger partial charge in [-0.3, -0.25) is 9.89 Å². The molecule has 1 N–H and O–H groups in total. The van der Waals surface area contributed by atoms with E-state index in [1.54, 1.807) is 6.07 Å². The van der Waals surface area contributed by atoms with Crippen molar-refractivity contribution < 1.29 is 9.18 Å². The summed E-state index contributed by atoms with van der Waals surface area (Å²) in [6.07, 6.45) is 9.89. The second kappa shape index (κ2) is 8.79. The Morgan fingerprint density at radius 1 is 1.32 bits per heavy atom. The van der Waals surface area contributed by atoms with Gasteiger partial charge in [0.25, 0.3) is 0 Å². The number of piperidine rings is 1. The summed E-state index contributed by atoms with van der Waals surface area (Å²) >= 11 is 0. The number of nitrogens with zero attached hydrogens (tertiary/aromatic N) is 2. The van der Waals surface area contributed by atoms with Crippen LogP contribution in [0.2, 0.25) is 0 Å². The number of nitrogens with one attached hydrogen (secondary N) is 1. The van der Waals surface area contributed by atoms with E-state index in [1.165, 1.54) is 6.07 Å². The van der Waals surface area contributed by atoms with Gasteiger partial charge in [0.2, 0.25) is 5.91 Å². The average molecular weight is 343 g/mol. The third-order valence-electron chi connectivity index (χ3n) is 5.06. The number of aromatic amines is 1. The van der Waals surface area contributed by atoms with Crippen LogP contribution in [-0.2, 0) is 17.6 Å². The molecule has 4 nitrogen and oxygen atoms in total. The number of carbonyl (C=O) groups excluding carboxylic acids is 1. The molecule has 1 saturated heterocycles. The fraction of sp³-hybridized carbons (Fsp3) is 0.500. The molecule has 3 rings (SSSR count). The second-order valence-electron chi connectivity index (χ2n) is 6.94. The average Bonchev–Trinajstić information content (AvgIpc) is 3.15. The highest BCUT2D eigenvalue weighted by Crippen LogP contribution is 2.23. The van der Waals surface area contributed by atoms with Crippen LogP contribution in [0, 0.1) is 11.7 Å². The monoisotopic (exact) mass is 343 g/mol. The number of aryl methyl sites for hydroxylation is 2. The lowest BCUT2D eigenvalue weighted by Gasteiger charge is -2.33. The number of hydrogen-bond acceptors (Lipinski definition) is 2. The molecule has 1 aromatic heterocycles. The molecule has 0 aliphatic carbocycles. The molecule has 2 aromatic rings. The minimum atomic E-state index is -0.120. The number of aromatic nitrogens is 2. The van der Waals surface area contributed by atoms with Gasteiger partial charge < -0.3 is 4.90 Å². The largest absolute Gasteiger partial charge is 0.342 e. The van der Waals surface area contributed by atoms with Gasteiger partial charge in [0.15, 0.2) is 0 Å². The number of likely N-dealkylation sites (tertiary alicyclic amines) is 1. The van der Waals surface area contributed by atoms with Gasteiger partial charge in [0, 0.05) is 25.7 Å². The van der Waals surface area contributed by atoms with Crippen LogP contribution in [0.1, 0.15) is 43.2 Å². The summed E-state index contributed by atoms with van der Waals surface area (Å²) in [5.74, 6) is 0.607. The predicted molar refractivity (Wildman–Crippen MR) is 95.6 cm³/mol. The van der Waals surface area contributed by atoms with Gasteiger partial charge in [-0.25, -0.2) is 4.39 Å². The summed E-state index contributed by atoms with van der Waals surface area (Å²) in [6.45, 7) is 1.68. The van der Waals surface area contributed by atoms with Crippen molar-refractivity contribution in [2.75, 3.05) is 13.1 Å². The lowest BCUT2D eigenvalue weighted by molar-refractivity contribution is -0.133. The lowest BCUT2D eigenvalue weighted by Crippen LogP contribution is -2.40. The van der Waals surface area contributed by atoms with Crippen molar-refractivity contribution in [1.29, 1.82) is 0 Å². The van der Waals surface area contributed by atoms with E-state index in [9.17, 15) is 9.18 Å². The number of carbonyl (C=O) groups is 1. The highest BCUT2D eigenvalue weighted by molar-refractivity contribution is 5.76. The molecule has 2 heterocycles. The Hall–Kier alpha value is -2.17. The van der Waals surface area contributed by atoms with Gasteiger partial charge in [0.1, 0.15) is 5.82 Å². The van der Waals surface area contributed by atoms with Gasteiger partial charge in [-0.1, -0.05) is 18.2 Å². The number of halogens is 1. The maximum Gasteiger partial charge on any atom is 0.222 e. The highest BCUT2D eigenvalue weighted by atomic mass is 19.1. The minimum absolute atomic E-state index is 0.120. The summed E-state index contributed by atoms with van der Waals surface area (Å²) in [4.78, 5) is 14.4. The first-order chi connectivity index (χ1) is 12.2. The van der Waals surface area contributed by atoms with E-state index in [0.717, 1.165) is 62.7 Å². The zero-order chi connectivity index (χ0) is 17.5. The Morgan fingerprint density at radius 3 is 3.00 bits per heavy atom. The smallest absolute Gasteiger partial charge is 0.222 e. The topological polar surface area (TPSA) is 49.0 Å². The highest BCUT2D eigenvalue weighted by Gasteiger charge is 2.23. The molecule has 1 aliphatic rings. The molecule has 1 aliphatic heterocycles. The summed E-state index contributed by atoms with van der Waals surface area (Å²) in [5.41, 5.74) is 1.93. The Morgan fingerprint density at radius 2 is 2.20 bits per heavy atom. The van der Waals surface area contributed by atoms with E-state index in [2.05, 4.69) is 10.2 Å². The molecule has 0 radical (unpaired) electrons. The van der Waals surface area contributed by atoms with Crippen LogP contribution in [-0.4, -0.2) is 34.1 Å². The van der Waals surface area contributed by atoms with Crippen LogP contribution in [0.25, 0.3) is 0 Å². The molecule has 1 amide bonds. The van der Waals surface area contributed by atoms with Crippen molar-refractivity contribution in [2.45, 2.75) is 44.9 Å². The van der Waals surface area contributed by atoms with Crippen LogP contribution < -0.4 is 0 Å². The number of amides is 1. The molecule has 1 fully saturated rings. The maximum atomic E-state index is 13.7. The van der Waals surface area contributed by atoms with Crippen LogP contribution in [0.4, 0.5) is 4.39 Å². The first-order valence-electron chi connectivity index (χ1n) is 9.21. The van der Waals surface area contributed by atoms with Crippen molar-refractivity contribution in [3.8, 4) is 0 Å². The number of benzene rings is 1. The molecule has 1 unspecified atom stereocenters. The Labute approximate surface area is 148 Å². The summed E-state index contributed by atoms with van der Waals surface area (Å²) in [7, 11) is 0. The first kappa shape index (κ1) is 17.6. The number of rotatable bonds is 7. The van der Waals surface area contributed by atoms with E-state index in [4.69, 9.17) is 0 Å². The van der Waals surface area contributed by atoms with Gasteiger partial charge in [0.05, 0.1) is 6.20 Å². The van der Waals surface area contributed by atoms with E-state index in [-0.39, 0.29) is 11.7 Å². The molecule has 134 valence electrons. The van der Waals surface area contributed by atoms with Crippen molar-refractivity contribution >= 4 is 5.91 Å². The third-order valence-corrected chi connectivity index (χ3v) is 5.06. The first-order valence-corrected chi connectivity index (χ1v) is 9.21. The Kier molecular flexibility index (Phi) is 6.20. The third kappa shape index (κ3) is 5.15. The quantitative estimate of drug-likeness (QED) is 0.832. The molecule has 0 bridgehead atoms. The zero-order valence-electron chi connectivity index (χ0n) is 14.6. The molecule has 0 saturated carbocycles. The molecule has 1 aromatic carbocycles. The molecule has 25 heavy (non-hydrogen) atoms. The molecule has 5 heteroatoms. The molecular weight excluding hydrogens is 317 g/mol. The van der Waals surface area contributed by atoms with Crippen LogP contribution in [0.5, 0.6) is 0 Å². The lowest BCUT2D eigenvalue weighted by atomic mass is 9.91. The van der Waals surface area contributed by atoms with Gasteiger partial charge in [-0.15, -0.1) is 0 Å². The van der Waals surface area contributed by atoms with Crippen molar-refractivity contribution in [3.05, 3.63) is 53.6 Å². The van der Waals surface area contributed by atoms with Gasteiger partial charge >= 0.3 is 0 Å². The zero-order valence-corrected chi connectivity index (χ0v) is 14.6. The molecular formula is C20H26FN3O. The molecule has 0 spiro atoms. The second-order valence-corrected chi connectivity index (χ2v) is 6.94. The maximum absolute atomic E-state index is 13.7. The predicted octanol–water partition coefficient (Wildman–Crippen LogP) is 3.74. The van der Waals surface area contributed by atoms with E-state index in [1.807, 2.05) is 29.4 Å².